The molecule has 0 unspecified atom stereocenters. The molecule has 2 rings (SSSR count). The van der Waals surface area contributed by atoms with Crippen LogP contribution >= 0.6 is 0 Å². The molecule has 2 aromatic carbocycles. The monoisotopic (exact) mass is 204 g/mol. The maximum atomic E-state index is 13.7. The lowest BCUT2D eigenvalue weighted by atomic mass is 10.0. The molecule has 0 aliphatic carbocycles. The van der Waals surface area contributed by atoms with Gasteiger partial charge in [-0.25, -0.2) is 8.78 Å². The molecule has 0 radical (unpaired) electrons. The van der Waals surface area contributed by atoms with Crippen molar-refractivity contribution in [3.63, 3.8) is 0 Å². The van der Waals surface area contributed by atoms with E-state index < -0.39 is 11.6 Å². The van der Waals surface area contributed by atoms with Crippen LogP contribution in [0.1, 0.15) is 11.1 Å². The summed E-state index contributed by atoms with van der Waals surface area (Å²) in [6.45, 7) is 5.30. The van der Waals surface area contributed by atoms with Crippen molar-refractivity contribution < 1.29 is 8.78 Å². The molecule has 0 amide bonds. The molecule has 0 aliphatic rings. The van der Waals surface area contributed by atoms with Gasteiger partial charge in [-0.3, -0.25) is 0 Å². The van der Waals surface area contributed by atoms with Gasteiger partial charge in [-0.2, -0.15) is 0 Å². The fourth-order valence-corrected chi connectivity index (χ4v) is 1.63. The van der Waals surface area contributed by atoms with Crippen LogP contribution in [0.3, 0.4) is 0 Å². The van der Waals surface area contributed by atoms with Crippen molar-refractivity contribution in [2.75, 3.05) is 0 Å². The molecule has 15 heavy (non-hydrogen) atoms. The fourth-order valence-electron chi connectivity index (χ4n) is 1.63. The first-order valence-electron chi connectivity index (χ1n) is 4.64. The highest BCUT2D eigenvalue weighted by molar-refractivity contribution is 5.86. The van der Waals surface area contributed by atoms with E-state index in [0.717, 1.165) is 5.56 Å². The Morgan fingerprint density at radius 1 is 1.13 bits per heavy atom. The first-order valence-corrected chi connectivity index (χ1v) is 4.64. The quantitative estimate of drug-likeness (QED) is 0.656. The number of benzene rings is 2. The Bertz CT molecular complexity index is 542. The van der Waals surface area contributed by atoms with E-state index >= 15 is 0 Å². The highest BCUT2D eigenvalue weighted by Gasteiger charge is 2.09. The average Bonchev–Trinajstić information content (AvgIpc) is 2.23. The molecule has 0 aliphatic heterocycles. The van der Waals surface area contributed by atoms with E-state index in [1.807, 2.05) is 6.92 Å². The van der Waals surface area contributed by atoms with Crippen molar-refractivity contribution in [1.82, 2.24) is 0 Å². The van der Waals surface area contributed by atoms with Gasteiger partial charge in [0.05, 0.1) is 0 Å². The highest BCUT2D eigenvalue weighted by atomic mass is 19.1. The summed E-state index contributed by atoms with van der Waals surface area (Å²) < 4.78 is 27.3. The maximum Gasteiger partial charge on any atom is 0.138 e. The lowest BCUT2D eigenvalue weighted by Gasteiger charge is -2.05. The molecular weight excluding hydrogens is 194 g/mol. The lowest BCUT2D eigenvalue weighted by molar-refractivity contribution is 0.615. The van der Waals surface area contributed by atoms with Crippen LogP contribution in [0.25, 0.3) is 16.8 Å². The van der Waals surface area contributed by atoms with E-state index in [1.54, 1.807) is 18.2 Å². The number of rotatable bonds is 1. The summed E-state index contributed by atoms with van der Waals surface area (Å²) in [5, 5.41) is 0.619. The van der Waals surface area contributed by atoms with Crippen molar-refractivity contribution in [2.45, 2.75) is 6.92 Å². The Labute approximate surface area is 86.8 Å². The van der Waals surface area contributed by atoms with Crippen molar-refractivity contribution in [2.24, 2.45) is 0 Å². The van der Waals surface area contributed by atoms with Crippen molar-refractivity contribution in [3.8, 4) is 0 Å². The average molecular weight is 204 g/mol. The molecule has 0 nitrogen and oxygen atoms in total. The number of hydrogen-bond acceptors (Lipinski definition) is 0. The molecule has 0 saturated heterocycles. The first kappa shape index (κ1) is 9.84. The van der Waals surface area contributed by atoms with Crippen LogP contribution in [0.15, 0.2) is 30.8 Å². The Morgan fingerprint density at radius 3 is 2.53 bits per heavy atom. The smallest absolute Gasteiger partial charge is 0.138 e. The second-order valence-electron chi connectivity index (χ2n) is 3.51. The Balaban J connectivity index is 2.92. The molecule has 0 aromatic heterocycles. The summed E-state index contributed by atoms with van der Waals surface area (Å²) in [7, 11) is 0. The van der Waals surface area contributed by atoms with E-state index in [0.29, 0.717) is 10.8 Å². The Hall–Kier alpha value is -1.70. The van der Waals surface area contributed by atoms with Crippen LogP contribution in [0.2, 0.25) is 0 Å². The molecule has 2 aromatic rings. The topological polar surface area (TPSA) is 0 Å². The minimum absolute atomic E-state index is 0.198. The number of hydrogen-bond donors (Lipinski definition) is 0. The SMILES string of the molecule is C=Cc1cc(F)c2cc(C)ccc2c1F. The third-order valence-corrected chi connectivity index (χ3v) is 2.42. The predicted octanol–water partition coefficient (Wildman–Crippen LogP) is 4.07. The van der Waals surface area contributed by atoms with Gasteiger partial charge in [-0.15, -0.1) is 0 Å². The molecular formula is C13H10F2. The summed E-state index contributed by atoms with van der Waals surface area (Å²) in [6, 6.07) is 6.17. The van der Waals surface area contributed by atoms with E-state index in [-0.39, 0.29) is 5.56 Å². The second kappa shape index (κ2) is 3.46. The molecule has 0 bridgehead atoms. The second-order valence-corrected chi connectivity index (χ2v) is 3.51. The summed E-state index contributed by atoms with van der Waals surface area (Å²) in [6.07, 6.45) is 1.32. The van der Waals surface area contributed by atoms with E-state index in [1.165, 1.54) is 12.1 Å². The molecule has 0 fully saturated rings. The zero-order valence-electron chi connectivity index (χ0n) is 8.35. The summed E-state index contributed by atoms with van der Waals surface area (Å²) >= 11 is 0. The molecule has 2 heteroatoms. The summed E-state index contributed by atoms with van der Waals surface area (Å²) in [5.74, 6) is -0.827. The van der Waals surface area contributed by atoms with Gasteiger partial charge >= 0.3 is 0 Å². The van der Waals surface area contributed by atoms with Crippen LogP contribution < -0.4 is 0 Å². The standard InChI is InChI=1S/C13H10F2/c1-3-9-7-12(14)11-6-8(2)4-5-10(11)13(9)15/h3-7H,1H2,2H3. The molecule has 0 spiro atoms. The van der Waals surface area contributed by atoms with Crippen LogP contribution in [0.4, 0.5) is 8.78 Å². The van der Waals surface area contributed by atoms with Crippen LogP contribution in [0, 0.1) is 18.6 Å². The van der Waals surface area contributed by atoms with Gasteiger partial charge in [0.15, 0.2) is 0 Å². The van der Waals surface area contributed by atoms with E-state index in [4.69, 9.17) is 0 Å². The summed E-state index contributed by atoms with van der Waals surface area (Å²) in [4.78, 5) is 0. The van der Waals surface area contributed by atoms with Crippen LogP contribution in [-0.2, 0) is 0 Å². The lowest BCUT2D eigenvalue weighted by Crippen LogP contribution is -1.90. The molecule has 0 atom stereocenters. The maximum absolute atomic E-state index is 13.7. The third-order valence-electron chi connectivity index (χ3n) is 2.42. The highest BCUT2D eigenvalue weighted by Crippen LogP contribution is 2.25. The van der Waals surface area contributed by atoms with Gasteiger partial charge < -0.3 is 0 Å². The van der Waals surface area contributed by atoms with Crippen molar-refractivity contribution >= 4 is 16.8 Å². The largest absolute Gasteiger partial charge is 0.206 e. The van der Waals surface area contributed by atoms with Crippen LogP contribution in [-0.4, -0.2) is 0 Å². The first-order chi connectivity index (χ1) is 7.13. The Kier molecular flexibility index (Phi) is 2.27. The molecule has 76 valence electrons. The van der Waals surface area contributed by atoms with Gasteiger partial charge in [-0.05, 0) is 19.1 Å². The third kappa shape index (κ3) is 1.52. The minimum atomic E-state index is -0.415. The van der Waals surface area contributed by atoms with Crippen molar-refractivity contribution in [1.29, 1.82) is 0 Å². The van der Waals surface area contributed by atoms with Gasteiger partial charge in [0.25, 0.3) is 0 Å². The number of halogens is 2. The molecule has 0 heterocycles. The van der Waals surface area contributed by atoms with Crippen LogP contribution in [0.5, 0.6) is 0 Å². The van der Waals surface area contributed by atoms with E-state index in [9.17, 15) is 8.78 Å². The summed E-state index contributed by atoms with van der Waals surface area (Å²) in [5.41, 5.74) is 1.11. The predicted molar refractivity (Wildman–Crippen MR) is 58.7 cm³/mol. The Morgan fingerprint density at radius 2 is 1.87 bits per heavy atom. The molecule has 0 N–H and O–H groups in total. The minimum Gasteiger partial charge on any atom is -0.206 e. The van der Waals surface area contributed by atoms with Crippen molar-refractivity contribution in [3.05, 3.63) is 53.6 Å². The van der Waals surface area contributed by atoms with Gasteiger partial charge in [-0.1, -0.05) is 30.4 Å². The zero-order valence-corrected chi connectivity index (χ0v) is 8.35. The number of fused-ring (bicyclic) bond motifs is 1. The normalized spacial score (nSPS) is 10.6. The fraction of sp³-hybridized carbons (Fsp3) is 0.0769. The van der Waals surface area contributed by atoms with Gasteiger partial charge in [0.2, 0.25) is 0 Å². The van der Waals surface area contributed by atoms with Gasteiger partial charge in [0.1, 0.15) is 11.6 Å². The van der Waals surface area contributed by atoms with E-state index in [2.05, 4.69) is 6.58 Å². The number of aryl methyl sites for hydroxylation is 1. The zero-order chi connectivity index (χ0) is 11.0. The molecule has 0 saturated carbocycles. The van der Waals surface area contributed by atoms with Gasteiger partial charge in [0, 0.05) is 16.3 Å².